The molecule has 1 rings (SSSR count). The number of sulfonamides is 1. The molecule has 0 aromatic carbocycles. The first-order valence-electron chi connectivity index (χ1n) is 6.00. The van der Waals surface area contributed by atoms with Crippen LogP contribution in [0.1, 0.15) is 39.5 Å². The van der Waals surface area contributed by atoms with Crippen molar-refractivity contribution >= 4 is 21.6 Å². The molecule has 0 radical (unpaired) electrons. The lowest BCUT2D eigenvalue weighted by atomic mass is 9.85. The molecule has 0 aromatic heterocycles. The zero-order valence-corrected chi connectivity index (χ0v) is 11.7. The summed E-state index contributed by atoms with van der Waals surface area (Å²) in [5, 5.41) is 0. The van der Waals surface area contributed by atoms with E-state index in [-0.39, 0.29) is 5.41 Å². The summed E-state index contributed by atoms with van der Waals surface area (Å²) in [7, 11) is -3.09. The lowest BCUT2D eigenvalue weighted by molar-refractivity contribution is 0.304. The van der Waals surface area contributed by atoms with E-state index in [1.54, 1.807) is 0 Å². The number of hydrogen-bond acceptors (Lipinski definition) is 2. The quantitative estimate of drug-likeness (QED) is 0.687. The van der Waals surface area contributed by atoms with E-state index >= 15 is 0 Å². The van der Waals surface area contributed by atoms with Crippen LogP contribution in [0.15, 0.2) is 0 Å². The van der Waals surface area contributed by atoms with Crippen LogP contribution in [0.2, 0.25) is 0 Å². The third kappa shape index (κ3) is 4.22. The highest BCUT2D eigenvalue weighted by atomic mass is 35.5. The summed E-state index contributed by atoms with van der Waals surface area (Å²) in [6.07, 6.45) is 3.92. The minimum atomic E-state index is -3.09. The SMILES string of the molecule is CCC(CC)(CCl)CNS(=O)(=O)CC1CC1. The first kappa shape index (κ1) is 14.3. The van der Waals surface area contributed by atoms with Crippen LogP contribution in [-0.4, -0.2) is 26.6 Å². The highest BCUT2D eigenvalue weighted by Crippen LogP contribution is 2.31. The van der Waals surface area contributed by atoms with Crippen LogP contribution in [0, 0.1) is 11.3 Å². The predicted octanol–water partition coefficient (Wildman–Crippen LogP) is 2.36. The third-order valence-corrected chi connectivity index (χ3v) is 5.66. The van der Waals surface area contributed by atoms with Crippen LogP contribution < -0.4 is 4.72 Å². The van der Waals surface area contributed by atoms with Crippen LogP contribution in [0.25, 0.3) is 0 Å². The molecule has 16 heavy (non-hydrogen) atoms. The van der Waals surface area contributed by atoms with E-state index in [9.17, 15) is 8.42 Å². The standard InChI is InChI=1S/C11H22ClNO2S/c1-3-11(4-2,8-12)9-13-16(14,15)7-10-5-6-10/h10,13H,3-9H2,1-2H3. The van der Waals surface area contributed by atoms with Gasteiger partial charge in [-0.2, -0.15) is 0 Å². The third-order valence-electron chi connectivity index (χ3n) is 3.60. The molecule has 1 aliphatic carbocycles. The van der Waals surface area contributed by atoms with Gasteiger partial charge in [0.2, 0.25) is 10.0 Å². The van der Waals surface area contributed by atoms with E-state index in [2.05, 4.69) is 18.6 Å². The molecule has 96 valence electrons. The second kappa shape index (κ2) is 5.69. The van der Waals surface area contributed by atoms with Crippen molar-refractivity contribution in [3.05, 3.63) is 0 Å². The van der Waals surface area contributed by atoms with Crippen molar-refractivity contribution in [1.29, 1.82) is 0 Å². The number of halogens is 1. The van der Waals surface area contributed by atoms with Crippen LogP contribution in [0.4, 0.5) is 0 Å². The second-order valence-electron chi connectivity index (χ2n) is 4.89. The Balaban J connectivity index is 2.46. The Morgan fingerprint density at radius 3 is 2.25 bits per heavy atom. The lowest BCUT2D eigenvalue weighted by Gasteiger charge is -2.29. The van der Waals surface area contributed by atoms with E-state index in [4.69, 9.17) is 11.6 Å². The van der Waals surface area contributed by atoms with Gasteiger partial charge in [0.1, 0.15) is 0 Å². The van der Waals surface area contributed by atoms with Crippen molar-refractivity contribution in [3.63, 3.8) is 0 Å². The molecule has 1 aliphatic rings. The predicted molar refractivity (Wildman–Crippen MR) is 68.2 cm³/mol. The van der Waals surface area contributed by atoms with Crippen LogP contribution in [0.3, 0.4) is 0 Å². The maximum Gasteiger partial charge on any atom is 0.211 e. The fourth-order valence-electron chi connectivity index (χ4n) is 1.65. The van der Waals surface area contributed by atoms with E-state index < -0.39 is 10.0 Å². The Hall–Kier alpha value is 0.200. The summed E-state index contributed by atoms with van der Waals surface area (Å²) in [4.78, 5) is 0. The molecule has 0 unspecified atom stereocenters. The van der Waals surface area contributed by atoms with Gasteiger partial charge in [-0.05, 0) is 37.0 Å². The molecule has 1 N–H and O–H groups in total. The topological polar surface area (TPSA) is 46.2 Å². The Kier molecular flexibility index (Phi) is 5.08. The fourth-order valence-corrected chi connectivity index (χ4v) is 3.72. The van der Waals surface area contributed by atoms with Crippen molar-refractivity contribution in [1.82, 2.24) is 4.72 Å². The van der Waals surface area contributed by atoms with Crippen molar-refractivity contribution in [3.8, 4) is 0 Å². The van der Waals surface area contributed by atoms with Crippen LogP contribution in [0.5, 0.6) is 0 Å². The molecule has 5 heteroatoms. The van der Waals surface area contributed by atoms with Gasteiger partial charge in [-0.15, -0.1) is 11.6 Å². The minimum Gasteiger partial charge on any atom is -0.215 e. The molecule has 0 atom stereocenters. The molecular weight excluding hydrogens is 246 g/mol. The van der Waals surface area contributed by atoms with E-state index in [1.165, 1.54) is 0 Å². The highest BCUT2D eigenvalue weighted by Gasteiger charge is 2.31. The van der Waals surface area contributed by atoms with Crippen molar-refractivity contribution in [2.45, 2.75) is 39.5 Å². The summed E-state index contributed by atoms with van der Waals surface area (Å²) in [5.74, 6) is 1.19. The molecule has 0 heterocycles. The monoisotopic (exact) mass is 267 g/mol. The second-order valence-corrected chi connectivity index (χ2v) is 7.01. The van der Waals surface area contributed by atoms with E-state index in [0.717, 1.165) is 25.7 Å². The van der Waals surface area contributed by atoms with E-state index in [0.29, 0.717) is 24.1 Å². The zero-order chi connectivity index (χ0) is 12.2. The average Bonchev–Trinajstić information content (AvgIpc) is 3.04. The maximum atomic E-state index is 11.7. The normalized spacial score (nSPS) is 17.7. The van der Waals surface area contributed by atoms with Crippen LogP contribution in [-0.2, 0) is 10.0 Å². The lowest BCUT2D eigenvalue weighted by Crippen LogP contribution is -2.39. The van der Waals surface area contributed by atoms with Gasteiger partial charge >= 0.3 is 0 Å². The van der Waals surface area contributed by atoms with Gasteiger partial charge in [-0.3, -0.25) is 0 Å². The molecule has 0 amide bonds. The number of alkyl halides is 1. The smallest absolute Gasteiger partial charge is 0.211 e. The largest absolute Gasteiger partial charge is 0.215 e. The van der Waals surface area contributed by atoms with Crippen molar-refractivity contribution < 1.29 is 8.42 Å². The Labute approximate surface area is 104 Å². The molecule has 1 fully saturated rings. The molecule has 0 saturated heterocycles. The van der Waals surface area contributed by atoms with Gasteiger partial charge in [0, 0.05) is 12.4 Å². The Morgan fingerprint density at radius 1 is 1.31 bits per heavy atom. The van der Waals surface area contributed by atoms with E-state index in [1.807, 2.05) is 0 Å². The molecule has 0 spiro atoms. The molecule has 0 aromatic rings. The van der Waals surface area contributed by atoms with Gasteiger partial charge in [-0.25, -0.2) is 13.1 Å². The zero-order valence-electron chi connectivity index (χ0n) is 10.1. The molecule has 1 saturated carbocycles. The van der Waals surface area contributed by atoms with Crippen molar-refractivity contribution in [2.24, 2.45) is 11.3 Å². The molecular formula is C11H22ClNO2S. The Bertz CT molecular complexity index is 300. The van der Waals surface area contributed by atoms with Gasteiger partial charge in [0.25, 0.3) is 0 Å². The van der Waals surface area contributed by atoms with Gasteiger partial charge in [-0.1, -0.05) is 13.8 Å². The van der Waals surface area contributed by atoms with Gasteiger partial charge in [0.15, 0.2) is 0 Å². The summed E-state index contributed by atoms with van der Waals surface area (Å²) < 4.78 is 26.2. The summed E-state index contributed by atoms with van der Waals surface area (Å²) >= 11 is 5.94. The number of nitrogens with one attached hydrogen (secondary N) is 1. The number of rotatable bonds is 8. The number of hydrogen-bond donors (Lipinski definition) is 1. The van der Waals surface area contributed by atoms with Crippen LogP contribution >= 0.6 is 11.6 Å². The average molecular weight is 268 g/mol. The molecule has 3 nitrogen and oxygen atoms in total. The Morgan fingerprint density at radius 2 is 1.88 bits per heavy atom. The highest BCUT2D eigenvalue weighted by molar-refractivity contribution is 7.89. The fraction of sp³-hybridized carbons (Fsp3) is 1.00. The maximum absolute atomic E-state index is 11.7. The van der Waals surface area contributed by atoms with Gasteiger partial charge in [0.05, 0.1) is 5.75 Å². The van der Waals surface area contributed by atoms with Crippen molar-refractivity contribution in [2.75, 3.05) is 18.2 Å². The first-order valence-corrected chi connectivity index (χ1v) is 8.19. The molecule has 0 bridgehead atoms. The molecule has 0 aliphatic heterocycles. The summed E-state index contributed by atoms with van der Waals surface area (Å²) in [5.41, 5.74) is -0.0851. The first-order chi connectivity index (χ1) is 7.47. The van der Waals surface area contributed by atoms with Gasteiger partial charge < -0.3 is 0 Å². The minimum absolute atomic E-state index is 0.0851. The summed E-state index contributed by atoms with van der Waals surface area (Å²) in [6.45, 7) is 4.58. The summed E-state index contributed by atoms with van der Waals surface area (Å²) in [6, 6.07) is 0.